The van der Waals surface area contributed by atoms with Crippen molar-refractivity contribution in [3.63, 3.8) is 0 Å². The van der Waals surface area contributed by atoms with Gasteiger partial charge in [-0.05, 0) is 24.8 Å². The molecule has 0 saturated heterocycles. The van der Waals surface area contributed by atoms with Gasteiger partial charge >= 0.3 is 5.97 Å². The lowest BCUT2D eigenvalue weighted by Gasteiger charge is -2.08. The second-order valence-electron chi connectivity index (χ2n) is 3.34. The Bertz CT molecular complexity index is 253. The molecule has 3 nitrogen and oxygen atoms in total. The Hall–Kier alpha value is -1.12. The van der Waals surface area contributed by atoms with Gasteiger partial charge < -0.3 is 5.11 Å². The van der Waals surface area contributed by atoms with Gasteiger partial charge in [0, 0.05) is 6.42 Å². The van der Waals surface area contributed by atoms with Gasteiger partial charge in [-0.25, -0.2) is 0 Å². The topological polar surface area (TPSA) is 54.4 Å². The maximum Gasteiger partial charge on any atom is 0.306 e. The van der Waals surface area contributed by atoms with E-state index < -0.39 is 11.9 Å². The molecule has 0 aromatic rings. The van der Waals surface area contributed by atoms with E-state index in [-0.39, 0.29) is 5.78 Å². The van der Waals surface area contributed by atoms with Gasteiger partial charge in [0.05, 0.1) is 5.92 Å². The molecule has 72 valence electrons. The molecule has 1 atom stereocenters. The zero-order valence-electron chi connectivity index (χ0n) is 7.75. The van der Waals surface area contributed by atoms with Gasteiger partial charge in [0.2, 0.25) is 0 Å². The van der Waals surface area contributed by atoms with Crippen LogP contribution in [0.2, 0.25) is 0 Å². The number of rotatable bonds is 4. The van der Waals surface area contributed by atoms with Crippen molar-refractivity contribution in [1.82, 2.24) is 0 Å². The highest BCUT2D eigenvalue weighted by atomic mass is 16.4. The predicted octanol–water partition coefficient (Wildman–Crippen LogP) is 1.78. The molecule has 0 aromatic heterocycles. The molecule has 0 saturated carbocycles. The molecule has 1 aliphatic rings. The van der Waals surface area contributed by atoms with Crippen LogP contribution >= 0.6 is 0 Å². The van der Waals surface area contributed by atoms with Crippen LogP contribution in [-0.2, 0) is 9.59 Å². The Morgan fingerprint density at radius 1 is 1.69 bits per heavy atom. The molecule has 1 unspecified atom stereocenters. The van der Waals surface area contributed by atoms with E-state index in [1.54, 1.807) is 0 Å². The molecule has 3 heteroatoms. The van der Waals surface area contributed by atoms with Crippen molar-refractivity contribution in [3.05, 3.63) is 11.6 Å². The first-order chi connectivity index (χ1) is 6.15. The Morgan fingerprint density at radius 2 is 2.38 bits per heavy atom. The number of carbonyl (C=O) groups excluding carboxylic acids is 1. The first-order valence-corrected chi connectivity index (χ1v) is 4.60. The lowest BCUT2D eigenvalue weighted by Crippen LogP contribution is -2.14. The third kappa shape index (κ3) is 2.41. The Balaban J connectivity index is 2.56. The summed E-state index contributed by atoms with van der Waals surface area (Å²) >= 11 is 0. The van der Waals surface area contributed by atoms with Crippen LogP contribution in [0.15, 0.2) is 11.6 Å². The van der Waals surface area contributed by atoms with E-state index in [0.717, 1.165) is 6.42 Å². The van der Waals surface area contributed by atoms with Crippen molar-refractivity contribution >= 4 is 11.8 Å². The van der Waals surface area contributed by atoms with E-state index in [9.17, 15) is 9.59 Å². The zero-order chi connectivity index (χ0) is 9.84. The molecule has 0 amide bonds. The zero-order valence-corrected chi connectivity index (χ0v) is 7.75. The number of ketones is 1. The third-order valence-electron chi connectivity index (χ3n) is 2.43. The van der Waals surface area contributed by atoms with Gasteiger partial charge in [-0.2, -0.15) is 0 Å². The molecule has 1 N–H and O–H groups in total. The van der Waals surface area contributed by atoms with Crippen molar-refractivity contribution in [2.45, 2.75) is 32.6 Å². The minimum absolute atomic E-state index is 0.125. The molecule has 0 aromatic carbocycles. The minimum Gasteiger partial charge on any atom is -0.481 e. The van der Waals surface area contributed by atoms with Gasteiger partial charge in [0.25, 0.3) is 0 Å². The van der Waals surface area contributed by atoms with Crippen LogP contribution in [0.25, 0.3) is 0 Å². The fraction of sp³-hybridized carbons (Fsp3) is 0.600. The Morgan fingerprint density at radius 3 is 2.77 bits per heavy atom. The summed E-state index contributed by atoms with van der Waals surface area (Å²) in [4.78, 5) is 21.9. The Labute approximate surface area is 77.4 Å². The van der Waals surface area contributed by atoms with E-state index in [1.165, 1.54) is 0 Å². The maximum atomic E-state index is 11.2. The molecule has 0 fully saturated rings. The van der Waals surface area contributed by atoms with Crippen LogP contribution in [0.5, 0.6) is 0 Å². The molecule has 1 rings (SSSR count). The number of carbonyl (C=O) groups is 2. The fourth-order valence-electron chi connectivity index (χ4n) is 1.52. The number of allylic oxidation sites excluding steroid dienone is 2. The maximum absolute atomic E-state index is 11.2. The highest BCUT2D eigenvalue weighted by Crippen LogP contribution is 2.23. The summed E-state index contributed by atoms with van der Waals surface area (Å²) in [5.74, 6) is -1.07. The number of Topliss-reactive ketones (excluding diaryl/α,β-unsaturated/α-hetero) is 1. The van der Waals surface area contributed by atoms with E-state index in [4.69, 9.17) is 5.11 Å². The molecule has 1 aliphatic carbocycles. The predicted molar refractivity (Wildman–Crippen MR) is 48.4 cm³/mol. The standard InChI is InChI=1S/C10H14O3/c1-2-7(10(12)13)6-8-4-3-5-9(8)11/h4,7H,2-3,5-6H2,1H3,(H,12,13). The summed E-state index contributed by atoms with van der Waals surface area (Å²) < 4.78 is 0. The SMILES string of the molecule is CCC(CC1=CCCC1=O)C(=O)O. The summed E-state index contributed by atoms with van der Waals surface area (Å²) in [6.07, 6.45) is 4.20. The number of carboxylic acids is 1. The summed E-state index contributed by atoms with van der Waals surface area (Å²) in [7, 11) is 0. The summed E-state index contributed by atoms with van der Waals surface area (Å²) in [6.45, 7) is 1.83. The number of hydrogen-bond donors (Lipinski definition) is 1. The van der Waals surface area contributed by atoms with Crippen LogP contribution < -0.4 is 0 Å². The fourth-order valence-corrected chi connectivity index (χ4v) is 1.52. The van der Waals surface area contributed by atoms with Crippen molar-refractivity contribution < 1.29 is 14.7 Å². The highest BCUT2D eigenvalue weighted by molar-refractivity contribution is 5.98. The van der Waals surface area contributed by atoms with Crippen LogP contribution in [0.3, 0.4) is 0 Å². The number of hydrogen-bond acceptors (Lipinski definition) is 2. The summed E-state index contributed by atoms with van der Waals surface area (Å²) in [5, 5.41) is 8.78. The van der Waals surface area contributed by atoms with Crippen LogP contribution in [0, 0.1) is 5.92 Å². The highest BCUT2D eigenvalue weighted by Gasteiger charge is 2.22. The van der Waals surface area contributed by atoms with Gasteiger partial charge in [0.15, 0.2) is 5.78 Å². The van der Waals surface area contributed by atoms with Crippen LogP contribution in [0.1, 0.15) is 32.6 Å². The molecule has 13 heavy (non-hydrogen) atoms. The molecular formula is C10H14O3. The van der Waals surface area contributed by atoms with Crippen LogP contribution in [-0.4, -0.2) is 16.9 Å². The summed E-state index contributed by atoms with van der Waals surface area (Å²) in [5.41, 5.74) is 0.717. The lowest BCUT2D eigenvalue weighted by atomic mass is 9.96. The van der Waals surface area contributed by atoms with Gasteiger partial charge in [0.1, 0.15) is 0 Å². The van der Waals surface area contributed by atoms with E-state index in [2.05, 4.69) is 0 Å². The largest absolute Gasteiger partial charge is 0.481 e. The van der Waals surface area contributed by atoms with E-state index in [0.29, 0.717) is 24.8 Å². The lowest BCUT2D eigenvalue weighted by molar-refractivity contribution is -0.141. The molecule has 0 radical (unpaired) electrons. The first kappa shape index (κ1) is 9.96. The van der Waals surface area contributed by atoms with Crippen molar-refractivity contribution in [1.29, 1.82) is 0 Å². The molecule has 0 spiro atoms. The molecule has 0 bridgehead atoms. The third-order valence-corrected chi connectivity index (χ3v) is 2.43. The Kier molecular flexibility index (Phi) is 3.23. The minimum atomic E-state index is -0.803. The second-order valence-corrected chi connectivity index (χ2v) is 3.34. The number of aliphatic carboxylic acids is 1. The van der Waals surface area contributed by atoms with Crippen molar-refractivity contribution in [2.75, 3.05) is 0 Å². The first-order valence-electron chi connectivity index (χ1n) is 4.60. The summed E-state index contributed by atoms with van der Waals surface area (Å²) in [6, 6.07) is 0. The van der Waals surface area contributed by atoms with Crippen molar-refractivity contribution in [2.24, 2.45) is 5.92 Å². The normalized spacial score (nSPS) is 18.5. The average molecular weight is 182 g/mol. The monoisotopic (exact) mass is 182 g/mol. The van der Waals surface area contributed by atoms with Gasteiger partial charge in [-0.15, -0.1) is 0 Å². The van der Waals surface area contributed by atoms with Gasteiger partial charge in [-0.1, -0.05) is 13.0 Å². The van der Waals surface area contributed by atoms with E-state index >= 15 is 0 Å². The van der Waals surface area contributed by atoms with Gasteiger partial charge in [-0.3, -0.25) is 9.59 Å². The van der Waals surface area contributed by atoms with Crippen LogP contribution in [0.4, 0.5) is 0 Å². The number of carboxylic acid groups (broad SMARTS) is 1. The smallest absolute Gasteiger partial charge is 0.306 e. The molecule has 0 aliphatic heterocycles. The molecular weight excluding hydrogens is 168 g/mol. The molecule has 0 heterocycles. The van der Waals surface area contributed by atoms with Crippen molar-refractivity contribution in [3.8, 4) is 0 Å². The van der Waals surface area contributed by atoms with E-state index in [1.807, 2.05) is 13.0 Å². The average Bonchev–Trinajstić information content (AvgIpc) is 2.46. The quantitative estimate of drug-likeness (QED) is 0.721. The second kappa shape index (κ2) is 4.21.